The Balaban J connectivity index is 1.73. The third kappa shape index (κ3) is 2.27. The molecular formula is C15H19N3. The second-order valence-electron chi connectivity index (χ2n) is 5.30. The van der Waals surface area contributed by atoms with Crippen molar-refractivity contribution in [2.75, 3.05) is 19.6 Å². The van der Waals surface area contributed by atoms with Gasteiger partial charge in [-0.3, -0.25) is 9.80 Å². The lowest BCUT2D eigenvalue weighted by molar-refractivity contribution is 0.0287. The van der Waals surface area contributed by atoms with E-state index in [9.17, 15) is 0 Å². The number of fused-ring (bicyclic) bond motifs is 1. The van der Waals surface area contributed by atoms with E-state index in [0.29, 0.717) is 6.17 Å². The van der Waals surface area contributed by atoms with Crippen molar-refractivity contribution in [3.8, 4) is 6.07 Å². The van der Waals surface area contributed by atoms with Crippen molar-refractivity contribution >= 4 is 0 Å². The van der Waals surface area contributed by atoms with E-state index < -0.39 is 0 Å². The summed E-state index contributed by atoms with van der Waals surface area (Å²) in [4.78, 5) is 5.19. The van der Waals surface area contributed by atoms with Crippen LogP contribution in [0.15, 0.2) is 24.3 Å². The molecule has 0 amide bonds. The summed E-state index contributed by atoms with van der Waals surface area (Å²) in [5, 5.41) is 8.95. The van der Waals surface area contributed by atoms with Crippen molar-refractivity contribution in [1.29, 1.82) is 5.26 Å². The lowest BCUT2D eigenvalue weighted by atomic mass is 10.1. The molecular weight excluding hydrogens is 222 g/mol. The largest absolute Gasteiger partial charge is 0.288 e. The normalized spacial score (nSPS) is 24.7. The Morgan fingerprint density at radius 1 is 1.22 bits per heavy atom. The number of nitrogens with zero attached hydrogens (tertiary/aromatic N) is 3. The summed E-state index contributed by atoms with van der Waals surface area (Å²) in [7, 11) is 0. The summed E-state index contributed by atoms with van der Waals surface area (Å²) in [5.41, 5.74) is 2.04. The van der Waals surface area contributed by atoms with Crippen LogP contribution in [0.1, 0.15) is 30.4 Å². The minimum atomic E-state index is 0.643. The van der Waals surface area contributed by atoms with Crippen LogP contribution in [0.5, 0.6) is 0 Å². The zero-order valence-corrected chi connectivity index (χ0v) is 10.7. The summed E-state index contributed by atoms with van der Waals surface area (Å²) in [6.07, 6.45) is 4.55. The van der Waals surface area contributed by atoms with Crippen LogP contribution >= 0.6 is 0 Å². The molecule has 0 aromatic heterocycles. The van der Waals surface area contributed by atoms with Crippen LogP contribution in [0.2, 0.25) is 0 Å². The van der Waals surface area contributed by atoms with Gasteiger partial charge >= 0.3 is 0 Å². The van der Waals surface area contributed by atoms with Crippen molar-refractivity contribution in [1.82, 2.24) is 9.80 Å². The smallest absolute Gasteiger partial charge is 0.0991 e. The maximum Gasteiger partial charge on any atom is 0.0991 e. The second-order valence-corrected chi connectivity index (χ2v) is 5.30. The maximum absolute atomic E-state index is 8.95. The van der Waals surface area contributed by atoms with Crippen molar-refractivity contribution in [3.63, 3.8) is 0 Å². The average molecular weight is 241 g/mol. The van der Waals surface area contributed by atoms with Gasteiger partial charge in [-0.1, -0.05) is 12.1 Å². The Labute approximate surface area is 109 Å². The van der Waals surface area contributed by atoms with E-state index in [2.05, 4.69) is 21.9 Å². The molecule has 3 heteroatoms. The minimum Gasteiger partial charge on any atom is -0.288 e. The number of hydrogen-bond acceptors (Lipinski definition) is 3. The van der Waals surface area contributed by atoms with Crippen LogP contribution in [0.4, 0.5) is 0 Å². The molecule has 2 aliphatic rings. The first-order valence-corrected chi connectivity index (χ1v) is 6.84. The summed E-state index contributed by atoms with van der Waals surface area (Å²) in [6, 6.07) is 10.2. The van der Waals surface area contributed by atoms with E-state index in [0.717, 1.165) is 12.1 Å². The fourth-order valence-electron chi connectivity index (χ4n) is 3.27. The lowest BCUT2D eigenvalue weighted by Gasteiger charge is -2.40. The Kier molecular flexibility index (Phi) is 3.31. The van der Waals surface area contributed by atoms with Crippen molar-refractivity contribution < 1.29 is 0 Å². The molecule has 3 nitrogen and oxygen atoms in total. The SMILES string of the molecule is N#Cc1cccc(CN2CCCN3CCCC32)c1. The molecule has 0 bridgehead atoms. The van der Waals surface area contributed by atoms with E-state index in [-0.39, 0.29) is 0 Å². The quantitative estimate of drug-likeness (QED) is 0.795. The Morgan fingerprint density at radius 3 is 3.00 bits per heavy atom. The predicted molar refractivity (Wildman–Crippen MR) is 70.8 cm³/mol. The van der Waals surface area contributed by atoms with Gasteiger partial charge in [0.15, 0.2) is 0 Å². The van der Waals surface area contributed by atoms with Crippen LogP contribution in [0.25, 0.3) is 0 Å². The van der Waals surface area contributed by atoms with E-state index >= 15 is 0 Å². The molecule has 2 aliphatic heterocycles. The number of hydrogen-bond donors (Lipinski definition) is 0. The van der Waals surface area contributed by atoms with Crippen LogP contribution in [0.3, 0.4) is 0 Å². The second kappa shape index (κ2) is 5.09. The fraction of sp³-hybridized carbons (Fsp3) is 0.533. The van der Waals surface area contributed by atoms with Gasteiger partial charge in [0.1, 0.15) is 0 Å². The molecule has 94 valence electrons. The van der Waals surface area contributed by atoms with Gasteiger partial charge in [-0.15, -0.1) is 0 Å². The highest BCUT2D eigenvalue weighted by Gasteiger charge is 2.32. The Bertz CT molecular complexity index is 463. The highest BCUT2D eigenvalue weighted by molar-refractivity contribution is 5.32. The van der Waals surface area contributed by atoms with Gasteiger partial charge in [0.2, 0.25) is 0 Å². The topological polar surface area (TPSA) is 30.3 Å². The molecule has 18 heavy (non-hydrogen) atoms. The Morgan fingerprint density at radius 2 is 2.11 bits per heavy atom. The van der Waals surface area contributed by atoms with Gasteiger partial charge in [0.25, 0.3) is 0 Å². The van der Waals surface area contributed by atoms with Gasteiger partial charge in [-0.05, 0) is 43.5 Å². The molecule has 2 saturated heterocycles. The molecule has 1 aromatic carbocycles. The zero-order chi connectivity index (χ0) is 12.4. The zero-order valence-electron chi connectivity index (χ0n) is 10.7. The molecule has 0 saturated carbocycles. The van der Waals surface area contributed by atoms with Crippen molar-refractivity contribution in [2.24, 2.45) is 0 Å². The first kappa shape index (κ1) is 11.7. The average Bonchev–Trinajstić information content (AvgIpc) is 2.88. The maximum atomic E-state index is 8.95. The standard InChI is InChI=1S/C15H19N3/c16-11-13-4-1-5-14(10-13)12-18-9-3-8-17-7-2-6-15(17)18/h1,4-5,10,15H,2-3,6-9,12H2. The first-order valence-electron chi connectivity index (χ1n) is 6.84. The van der Waals surface area contributed by atoms with Crippen LogP contribution in [-0.2, 0) is 6.54 Å². The van der Waals surface area contributed by atoms with E-state index in [1.165, 1.54) is 44.5 Å². The molecule has 3 rings (SSSR count). The summed E-state index contributed by atoms with van der Waals surface area (Å²) >= 11 is 0. The van der Waals surface area contributed by atoms with Crippen LogP contribution in [0, 0.1) is 11.3 Å². The molecule has 1 aromatic rings. The highest BCUT2D eigenvalue weighted by atomic mass is 15.4. The van der Waals surface area contributed by atoms with Gasteiger partial charge in [-0.25, -0.2) is 0 Å². The molecule has 2 heterocycles. The van der Waals surface area contributed by atoms with Crippen LogP contribution in [-0.4, -0.2) is 35.6 Å². The molecule has 0 spiro atoms. The van der Waals surface area contributed by atoms with E-state index in [1.807, 2.05) is 18.2 Å². The molecule has 0 radical (unpaired) electrons. The van der Waals surface area contributed by atoms with Gasteiger partial charge in [0, 0.05) is 19.6 Å². The summed E-state index contributed by atoms with van der Waals surface area (Å²) in [5.74, 6) is 0. The highest BCUT2D eigenvalue weighted by Crippen LogP contribution is 2.26. The summed E-state index contributed by atoms with van der Waals surface area (Å²) in [6.45, 7) is 4.70. The molecule has 1 unspecified atom stereocenters. The van der Waals surface area contributed by atoms with Gasteiger partial charge < -0.3 is 0 Å². The summed E-state index contributed by atoms with van der Waals surface area (Å²) < 4.78 is 0. The van der Waals surface area contributed by atoms with Gasteiger partial charge in [0.05, 0.1) is 17.8 Å². The first-order chi connectivity index (χ1) is 8.86. The predicted octanol–water partition coefficient (Wildman–Crippen LogP) is 2.19. The molecule has 0 N–H and O–H groups in total. The minimum absolute atomic E-state index is 0.643. The monoisotopic (exact) mass is 241 g/mol. The van der Waals surface area contributed by atoms with Crippen molar-refractivity contribution in [3.05, 3.63) is 35.4 Å². The fourth-order valence-corrected chi connectivity index (χ4v) is 3.27. The van der Waals surface area contributed by atoms with Crippen LogP contribution < -0.4 is 0 Å². The van der Waals surface area contributed by atoms with E-state index in [4.69, 9.17) is 5.26 Å². The third-order valence-corrected chi connectivity index (χ3v) is 4.08. The molecule has 2 fully saturated rings. The Hall–Kier alpha value is -1.37. The number of benzene rings is 1. The number of rotatable bonds is 2. The third-order valence-electron chi connectivity index (χ3n) is 4.08. The van der Waals surface area contributed by atoms with Crippen molar-refractivity contribution in [2.45, 2.75) is 32.0 Å². The lowest BCUT2D eigenvalue weighted by Crippen LogP contribution is -2.49. The number of nitriles is 1. The van der Waals surface area contributed by atoms with E-state index in [1.54, 1.807) is 0 Å². The molecule has 1 atom stereocenters. The van der Waals surface area contributed by atoms with Gasteiger partial charge in [-0.2, -0.15) is 5.26 Å². The molecule has 0 aliphatic carbocycles.